The quantitative estimate of drug-likeness (QED) is 0.788. The molecule has 0 radical (unpaired) electrons. The van der Waals surface area contributed by atoms with Gasteiger partial charge in [0, 0.05) is 0 Å². The molecule has 2 saturated carbocycles. The van der Waals surface area contributed by atoms with E-state index in [1.165, 1.54) is 6.42 Å². The molecule has 2 rings (SSSR count). The van der Waals surface area contributed by atoms with Crippen molar-refractivity contribution in [3.63, 3.8) is 0 Å². The lowest BCUT2D eigenvalue weighted by atomic mass is 9.81. The molecule has 0 aliphatic heterocycles. The van der Waals surface area contributed by atoms with E-state index in [9.17, 15) is 9.90 Å². The van der Waals surface area contributed by atoms with Crippen LogP contribution in [-0.2, 0) is 9.53 Å². The van der Waals surface area contributed by atoms with E-state index in [1.54, 1.807) is 0 Å². The number of hydrogen-bond acceptors (Lipinski definition) is 3. The van der Waals surface area contributed by atoms with Gasteiger partial charge in [0.25, 0.3) is 0 Å². The maximum absolute atomic E-state index is 11.3. The number of nitrogens with two attached hydrogens (primary N) is 1. The third kappa shape index (κ3) is 3.04. The van der Waals surface area contributed by atoms with E-state index in [2.05, 4.69) is 13.8 Å². The molecular formula is C14H25NO3. The van der Waals surface area contributed by atoms with Crippen LogP contribution in [-0.4, -0.2) is 29.3 Å². The molecule has 0 amide bonds. The molecule has 2 aliphatic rings. The number of ether oxygens (including phenoxy) is 1. The molecule has 2 fully saturated rings. The summed E-state index contributed by atoms with van der Waals surface area (Å²) < 4.78 is 5.85. The maximum atomic E-state index is 11.3. The van der Waals surface area contributed by atoms with E-state index < -0.39 is 11.5 Å². The van der Waals surface area contributed by atoms with Gasteiger partial charge in [0.2, 0.25) is 0 Å². The Balaban J connectivity index is 1.87. The molecule has 0 saturated heterocycles. The van der Waals surface area contributed by atoms with Crippen molar-refractivity contribution in [1.82, 2.24) is 0 Å². The zero-order valence-electron chi connectivity index (χ0n) is 11.4. The minimum absolute atomic E-state index is 0.105. The summed E-state index contributed by atoms with van der Waals surface area (Å²) in [7, 11) is 0. The van der Waals surface area contributed by atoms with Crippen molar-refractivity contribution in [2.45, 2.75) is 57.6 Å². The predicted molar refractivity (Wildman–Crippen MR) is 69.2 cm³/mol. The second kappa shape index (κ2) is 5.17. The van der Waals surface area contributed by atoms with Crippen LogP contribution in [0.2, 0.25) is 0 Å². The zero-order valence-corrected chi connectivity index (χ0v) is 11.4. The van der Waals surface area contributed by atoms with Crippen LogP contribution in [0.15, 0.2) is 0 Å². The van der Waals surface area contributed by atoms with Crippen LogP contribution >= 0.6 is 0 Å². The van der Waals surface area contributed by atoms with Gasteiger partial charge < -0.3 is 15.6 Å². The molecule has 104 valence electrons. The van der Waals surface area contributed by atoms with Gasteiger partial charge in [-0.05, 0) is 49.9 Å². The van der Waals surface area contributed by atoms with Crippen molar-refractivity contribution >= 4 is 5.97 Å². The van der Waals surface area contributed by atoms with Crippen molar-refractivity contribution in [2.24, 2.45) is 23.5 Å². The van der Waals surface area contributed by atoms with Crippen LogP contribution in [0, 0.1) is 17.8 Å². The molecule has 3 atom stereocenters. The molecule has 4 nitrogen and oxygen atoms in total. The van der Waals surface area contributed by atoms with E-state index in [0.717, 1.165) is 25.7 Å². The second-order valence-corrected chi connectivity index (χ2v) is 6.47. The summed E-state index contributed by atoms with van der Waals surface area (Å²) in [6.07, 6.45) is 5.34. The molecule has 2 aliphatic carbocycles. The summed E-state index contributed by atoms with van der Waals surface area (Å²) in [5.41, 5.74) is 4.85. The summed E-state index contributed by atoms with van der Waals surface area (Å²) in [5, 5.41) is 9.27. The van der Waals surface area contributed by atoms with Crippen molar-refractivity contribution in [1.29, 1.82) is 0 Å². The Labute approximate surface area is 109 Å². The average molecular weight is 255 g/mol. The Bertz CT molecular complexity index is 306. The molecule has 0 aromatic heterocycles. The molecule has 0 aromatic carbocycles. The molecule has 0 bridgehead atoms. The van der Waals surface area contributed by atoms with Gasteiger partial charge in [-0.1, -0.05) is 13.8 Å². The van der Waals surface area contributed by atoms with Crippen LogP contribution in [0.3, 0.4) is 0 Å². The van der Waals surface area contributed by atoms with Crippen molar-refractivity contribution in [3.05, 3.63) is 0 Å². The van der Waals surface area contributed by atoms with Gasteiger partial charge in [-0.15, -0.1) is 0 Å². The van der Waals surface area contributed by atoms with Crippen molar-refractivity contribution in [2.75, 3.05) is 6.61 Å². The molecule has 18 heavy (non-hydrogen) atoms. The standard InChI is InChI=1S/C14H25NO3/c1-9-5-10(2)7-12(6-9)18-8-14(15,13(16)17)11-3-4-11/h9-12H,3-8,15H2,1-2H3,(H,16,17). The Hall–Kier alpha value is -0.610. The lowest BCUT2D eigenvalue weighted by Crippen LogP contribution is -2.54. The average Bonchev–Trinajstić information content (AvgIpc) is 3.08. The molecule has 0 aromatic rings. The predicted octanol–water partition coefficient (Wildman–Crippen LogP) is 2.02. The SMILES string of the molecule is CC1CC(C)CC(OCC(N)(C(=O)O)C2CC2)C1. The number of rotatable bonds is 5. The van der Waals surface area contributed by atoms with E-state index in [1.807, 2.05) is 0 Å². The number of hydrogen-bond donors (Lipinski definition) is 2. The zero-order chi connectivity index (χ0) is 13.3. The summed E-state index contributed by atoms with van der Waals surface area (Å²) in [5.74, 6) is 0.517. The summed E-state index contributed by atoms with van der Waals surface area (Å²) in [4.78, 5) is 11.3. The van der Waals surface area contributed by atoms with Crippen LogP contribution < -0.4 is 5.73 Å². The Morgan fingerprint density at radius 2 is 1.83 bits per heavy atom. The van der Waals surface area contributed by atoms with Crippen LogP contribution in [0.5, 0.6) is 0 Å². The lowest BCUT2D eigenvalue weighted by Gasteiger charge is -2.34. The highest BCUT2D eigenvalue weighted by Gasteiger charge is 2.49. The van der Waals surface area contributed by atoms with E-state index >= 15 is 0 Å². The number of carbonyl (C=O) groups is 1. The lowest BCUT2D eigenvalue weighted by molar-refractivity contribution is -0.148. The number of aliphatic carboxylic acids is 1. The fourth-order valence-electron chi connectivity index (χ4n) is 3.22. The summed E-state index contributed by atoms with van der Waals surface area (Å²) >= 11 is 0. The van der Waals surface area contributed by atoms with Crippen molar-refractivity contribution < 1.29 is 14.6 Å². The van der Waals surface area contributed by atoms with E-state index in [0.29, 0.717) is 11.8 Å². The first kappa shape index (κ1) is 13.8. The van der Waals surface area contributed by atoms with Crippen LogP contribution in [0.25, 0.3) is 0 Å². The molecule has 4 heteroatoms. The fraction of sp³-hybridized carbons (Fsp3) is 0.929. The highest BCUT2D eigenvalue weighted by Crippen LogP contribution is 2.39. The number of carboxylic acids is 1. The first-order valence-electron chi connectivity index (χ1n) is 7.05. The first-order valence-corrected chi connectivity index (χ1v) is 7.05. The largest absolute Gasteiger partial charge is 0.480 e. The third-order valence-electron chi connectivity index (χ3n) is 4.40. The van der Waals surface area contributed by atoms with Crippen LogP contribution in [0.1, 0.15) is 46.0 Å². The number of carboxylic acid groups (broad SMARTS) is 1. The normalized spacial score (nSPS) is 36.1. The topological polar surface area (TPSA) is 72.5 Å². The molecule has 3 unspecified atom stereocenters. The Kier molecular flexibility index (Phi) is 3.97. The highest BCUT2D eigenvalue weighted by molar-refractivity contribution is 5.79. The van der Waals surface area contributed by atoms with Gasteiger partial charge in [0.1, 0.15) is 5.54 Å². The molecule has 0 spiro atoms. The van der Waals surface area contributed by atoms with Gasteiger partial charge in [0.15, 0.2) is 0 Å². The van der Waals surface area contributed by atoms with Gasteiger partial charge in [0.05, 0.1) is 12.7 Å². The first-order chi connectivity index (χ1) is 8.41. The maximum Gasteiger partial charge on any atom is 0.326 e. The van der Waals surface area contributed by atoms with E-state index in [-0.39, 0.29) is 18.6 Å². The molecule has 0 heterocycles. The molecular weight excluding hydrogens is 230 g/mol. The Morgan fingerprint density at radius 1 is 1.28 bits per heavy atom. The smallest absolute Gasteiger partial charge is 0.326 e. The van der Waals surface area contributed by atoms with Crippen molar-refractivity contribution in [3.8, 4) is 0 Å². The highest BCUT2D eigenvalue weighted by atomic mass is 16.5. The third-order valence-corrected chi connectivity index (χ3v) is 4.40. The summed E-state index contributed by atoms with van der Waals surface area (Å²) in [6.45, 7) is 4.64. The molecule has 3 N–H and O–H groups in total. The minimum atomic E-state index is -1.16. The van der Waals surface area contributed by atoms with Gasteiger partial charge >= 0.3 is 5.97 Å². The summed E-state index contributed by atoms with van der Waals surface area (Å²) in [6, 6.07) is 0. The van der Waals surface area contributed by atoms with Gasteiger partial charge in [-0.2, -0.15) is 0 Å². The minimum Gasteiger partial charge on any atom is -0.480 e. The Morgan fingerprint density at radius 3 is 2.28 bits per heavy atom. The van der Waals surface area contributed by atoms with E-state index in [4.69, 9.17) is 10.5 Å². The monoisotopic (exact) mass is 255 g/mol. The van der Waals surface area contributed by atoms with Gasteiger partial charge in [-0.3, -0.25) is 4.79 Å². The van der Waals surface area contributed by atoms with Crippen LogP contribution in [0.4, 0.5) is 0 Å². The fourth-order valence-corrected chi connectivity index (χ4v) is 3.22. The second-order valence-electron chi connectivity index (χ2n) is 6.47. The van der Waals surface area contributed by atoms with Gasteiger partial charge in [-0.25, -0.2) is 0 Å².